The van der Waals surface area contributed by atoms with Crippen molar-refractivity contribution in [2.24, 2.45) is 5.73 Å². The summed E-state index contributed by atoms with van der Waals surface area (Å²) in [6.07, 6.45) is 3.64. The molecule has 1 saturated heterocycles. The molecule has 1 unspecified atom stereocenters. The summed E-state index contributed by atoms with van der Waals surface area (Å²) in [4.78, 5) is 2.32. The van der Waals surface area contributed by atoms with Gasteiger partial charge in [0.1, 0.15) is 18.2 Å². The molecule has 4 nitrogen and oxygen atoms in total. The van der Waals surface area contributed by atoms with Crippen LogP contribution in [0.4, 0.5) is 0 Å². The topological polar surface area (TPSA) is 62.3 Å². The van der Waals surface area contributed by atoms with Gasteiger partial charge in [-0.25, -0.2) is 0 Å². The van der Waals surface area contributed by atoms with E-state index in [0.29, 0.717) is 29.0 Å². The third kappa shape index (κ3) is 3.39. The van der Waals surface area contributed by atoms with E-state index in [-0.39, 0.29) is 5.84 Å². The van der Waals surface area contributed by atoms with Crippen molar-refractivity contribution in [3.63, 3.8) is 0 Å². The summed E-state index contributed by atoms with van der Waals surface area (Å²) >= 11 is 6.06. The zero-order valence-corrected chi connectivity index (χ0v) is 11.9. The van der Waals surface area contributed by atoms with Gasteiger partial charge in [-0.3, -0.25) is 5.41 Å². The van der Waals surface area contributed by atoms with Gasteiger partial charge in [0.15, 0.2) is 0 Å². The van der Waals surface area contributed by atoms with Crippen molar-refractivity contribution < 1.29 is 4.74 Å². The number of nitrogens with two attached hydrogens (primary N) is 1. The number of likely N-dealkylation sites (N-methyl/N-ethyl adjacent to an activating group) is 1. The van der Waals surface area contributed by atoms with Crippen molar-refractivity contribution in [1.29, 1.82) is 5.41 Å². The van der Waals surface area contributed by atoms with Crippen LogP contribution in [-0.4, -0.2) is 37.0 Å². The summed E-state index contributed by atoms with van der Waals surface area (Å²) in [7, 11) is 2.12. The molecule has 1 aliphatic rings. The predicted octanol–water partition coefficient (Wildman–Crippen LogP) is 2.49. The number of halogens is 1. The van der Waals surface area contributed by atoms with E-state index in [1.165, 1.54) is 12.8 Å². The first-order chi connectivity index (χ1) is 9.09. The van der Waals surface area contributed by atoms with Crippen molar-refractivity contribution in [2.45, 2.75) is 25.3 Å². The highest BCUT2D eigenvalue weighted by atomic mass is 35.5. The van der Waals surface area contributed by atoms with Gasteiger partial charge in [0.25, 0.3) is 0 Å². The molecule has 0 spiro atoms. The van der Waals surface area contributed by atoms with Crippen LogP contribution in [-0.2, 0) is 0 Å². The first kappa shape index (κ1) is 14.2. The Morgan fingerprint density at radius 3 is 3.00 bits per heavy atom. The van der Waals surface area contributed by atoms with E-state index in [1.807, 2.05) is 12.1 Å². The monoisotopic (exact) mass is 281 g/mol. The number of rotatable bonds is 4. The summed E-state index contributed by atoms with van der Waals surface area (Å²) in [6.45, 7) is 1.72. The maximum Gasteiger partial charge on any atom is 0.131 e. The zero-order chi connectivity index (χ0) is 13.8. The van der Waals surface area contributed by atoms with E-state index >= 15 is 0 Å². The molecular formula is C14H20ClN3O. The fourth-order valence-electron chi connectivity index (χ4n) is 2.43. The summed E-state index contributed by atoms with van der Waals surface area (Å²) in [5, 5.41) is 8.04. The van der Waals surface area contributed by atoms with Gasteiger partial charge in [-0.1, -0.05) is 24.1 Å². The number of likely N-dealkylation sites (tertiary alicyclic amines) is 1. The first-order valence-corrected chi connectivity index (χ1v) is 6.93. The molecule has 0 amide bonds. The van der Waals surface area contributed by atoms with Crippen LogP contribution in [0.25, 0.3) is 0 Å². The fraction of sp³-hybridized carbons (Fsp3) is 0.500. The van der Waals surface area contributed by atoms with Crippen LogP contribution in [0.5, 0.6) is 5.75 Å². The SMILES string of the molecule is CN1CCCCC1COc1cccc(Cl)c1C(=N)N. The lowest BCUT2D eigenvalue weighted by atomic mass is 10.0. The summed E-state index contributed by atoms with van der Waals surface area (Å²) in [5.74, 6) is 0.538. The van der Waals surface area contributed by atoms with Crippen LogP contribution in [0.2, 0.25) is 5.02 Å². The molecule has 0 aromatic heterocycles. The van der Waals surface area contributed by atoms with Crippen LogP contribution in [0, 0.1) is 5.41 Å². The third-order valence-corrected chi connectivity index (χ3v) is 3.91. The average Bonchev–Trinajstić information content (AvgIpc) is 2.37. The van der Waals surface area contributed by atoms with Crippen LogP contribution in [0.3, 0.4) is 0 Å². The molecule has 0 radical (unpaired) electrons. The molecule has 19 heavy (non-hydrogen) atoms. The van der Waals surface area contributed by atoms with Crippen molar-refractivity contribution in [2.75, 3.05) is 20.2 Å². The molecule has 1 aromatic carbocycles. The van der Waals surface area contributed by atoms with Gasteiger partial charge in [0.05, 0.1) is 10.6 Å². The van der Waals surface area contributed by atoms with Crippen LogP contribution < -0.4 is 10.5 Å². The van der Waals surface area contributed by atoms with Crippen molar-refractivity contribution in [3.05, 3.63) is 28.8 Å². The predicted molar refractivity (Wildman–Crippen MR) is 78.2 cm³/mol. The molecule has 104 valence electrons. The maximum atomic E-state index is 7.58. The number of amidine groups is 1. The molecule has 1 atom stereocenters. The van der Waals surface area contributed by atoms with Crippen molar-refractivity contribution >= 4 is 17.4 Å². The minimum atomic E-state index is -0.0578. The minimum Gasteiger partial charge on any atom is -0.491 e. The second-order valence-corrected chi connectivity index (χ2v) is 5.38. The smallest absolute Gasteiger partial charge is 0.131 e. The number of piperidine rings is 1. The normalized spacial score (nSPS) is 20.2. The lowest BCUT2D eigenvalue weighted by Gasteiger charge is -2.32. The van der Waals surface area contributed by atoms with E-state index in [9.17, 15) is 0 Å². The number of hydrogen-bond donors (Lipinski definition) is 2. The van der Waals surface area contributed by atoms with Gasteiger partial charge in [-0.05, 0) is 38.6 Å². The second-order valence-electron chi connectivity index (χ2n) is 4.97. The molecule has 5 heteroatoms. The van der Waals surface area contributed by atoms with Crippen molar-refractivity contribution in [3.8, 4) is 5.75 Å². The van der Waals surface area contributed by atoms with Crippen molar-refractivity contribution in [1.82, 2.24) is 4.90 Å². The lowest BCUT2D eigenvalue weighted by molar-refractivity contribution is 0.125. The first-order valence-electron chi connectivity index (χ1n) is 6.55. The summed E-state index contributed by atoms with van der Waals surface area (Å²) in [5.41, 5.74) is 6.05. The highest BCUT2D eigenvalue weighted by Crippen LogP contribution is 2.26. The Balaban J connectivity index is 2.07. The highest BCUT2D eigenvalue weighted by molar-refractivity contribution is 6.34. The summed E-state index contributed by atoms with van der Waals surface area (Å²) in [6, 6.07) is 5.77. The van der Waals surface area contributed by atoms with Gasteiger partial charge in [0.2, 0.25) is 0 Å². The molecule has 0 saturated carbocycles. The molecular weight excluding hydrogens is 262 g/mol. The maximum absolute atomic E-state index is 7.58. The van der Waals surface area contributed by atoms with Gasteiger partial charge in [0, 0.05) is 6.04 Å². The second kappa shape index (κ2) is 6.26. The van der Waals surface area contributed by atoms with Crippen LogP contribution >= 0.6 is 11.6 Å². The number of hydrogen-bond acceptors (Lipinski definition) is 3. The Labute approximate surface area is 119 Å². The molecule has 1 heterocycles. The highest BCUT2D eigenvalue weighted by Gasteiger charge is 2.20. The molecule has 3 N–H and O–H groups in total. The summed E-state index contributed by atoms with van der Waals surface area (Å²) < 4.78 is 5.84. The largest absolute Gasteiger partial charge is 0.491 e. The third-order valence-electron chi connectivity index (χ3n) is 3.60. The van der Waals surface area contributed by atoms with E-state index in [0.717, 1.165) is 13.0 Å². The Kier molecular flexibility index (Phi) is 4.66. The van der Waals surface area contributed by atoms with Gasteiger partial charge in [-0.15, -0.1) is 0 Å². The van der Waals surface area contributed by atoms with E-state index in [1.54, 1.807) is 6.07 Å². The number of nitrogen functional groups attached to an aromatic ring is 1. The molecule has 2 rings (SSSR count). The van der Waals surface area contributed by atoms with E-state index in [2.05, 4.69) is 11.9 Å². The van der Waals surface area contributed by atoms with Gasteiger partial charge < -0.3 is 15.4 Å². The lowest BCUT2D eigenvalue weighted by Crippen LogP contribution is -2.40. The quantitative estimate of drug-likeness (QED) is 0.658. The molecule has 1 aliphatic heterocycles. The van der Waals surface area contributed by atoms with E-state index < -0.39 is 0 Å². The Morgan fingerprint density at radius 1 is 1.53 bits per heavy atom. The number of ether oxygens (including phenoxy) is 1. The Morgan fingerprint density at radius 2 is 2.32 bits per heavy atom. The average molecular weight is 282 g/mol. The van der Waals surface area contributed by atoms with Crippen LogP contribution in [0.15, 0.2) is 18.2 Å². The molecule has 1 aromatic rings. The minimum absolute atomic E-state index is 0.0578. The molecule has 0 aliphatic carbocycles. The van der Waals surface area contributed by atoms with Gasteiger partial charge >= 0.3 is 0 Å². The van der Waals surface area contributed by atoms with Crippen LogP contribution in [0.1, 0.15) is 24.8 Å². The molecule has 1 fully saturated rings. The fourth-order valence-corrected chi connectivity index (χ4v) is 2.69. The zero-order valence-electron chi connectivity index (χ0n) is 11.2. The number of nitrogens with zero attached hydrogens (tertiary/aromatic N) is 1. The number of nitrogens with one attached hydrogen (secondary N) is 1. The Hall–Kier alpha value is -1.26. The van der Waals surface area contributed by atoms with Gasteiger partial charge in [-0.2, -0.15) is 0 Å². The number of benzene rings is 1. The molecule has 0 bridgehead atoms. The standard InChI is InChI=1S/C14H20ClN3O/c1-18-8-3-2-5-10(18)9-19-12-7-4-6-11(15)13(12)14(16)17/h4,6-7,10H,2-3,5,8-9H2,1H3,(H3,16,17). The van der Waals surface area contributed by atoms with E-state index in [4.69, 9.17) is 27.5 Å². The Bertz CT molecular complexity index is 464.